The van der Waals surface area contributed by atoms with E-state index >= 15 is 0 Å². The molecule has 2 atom stereocenters. The predicted octanol–water partition coefficient (Wildman–Crippen LogP) is 3.44. The minimum Gasteiger partial charge on any atom is -0.393 e. The van der Waals surface area contributed by atoms with Crippen LogP contribution in [0.1, 0.15) is 44.6 Å². The van der Waals surface area contributed by atoms with Crippen LogP contribution in [-0.4, -0.2) is 29.8 Å². The van der Waals surface area contributed by atoms with Gasteiger partial charge in [0.05, 0.1) is 11.8 Å². The van der Waals surface area contributed by atoms with Crippen LogP contribution in [0.25, 0.3) is 0 Å². The molecule has 0 aromatic heterocycles. The first-order valence-corrected chi connectivity index (χ1v) is 8.94. The summed E-state index contributed by atoms with van der Waals surface area (Å²) in [5, 5.41) is 13.4. The average Bonchev–Trinajstić information content (AvgIpc) is 2.71. The summed E-state index contributed by atoms with van der Waals surface area (Å²) in [4.78, 5) is 2.54. The summed E-state index contributed by atoms with van der Waals surface area (Å²) in [5.74, 6) is 0. The van der Waals surface area contributed by atoms with Crippen LogP contribution in [0.2, 0.25) is 0 Å². The number of hydrogen-bond acceptors (Lipinski definition) is 3. The van der Waals surface area contributed by atoms with Crippen molar-refractivity contribution in [1.82, 2.24) is 5.32 Å². The van der Waals surface area contributed by atoms with Crippen LogP contribution < -0.4 is 10.2 Å². The fourth-order valence-corrected chi connectivity index (χ4v) is 4.45. The second-order valence-electron chi connectivity index (χ2n) is 6.38. The highest BCUT2D eigenvalue weighted by Crippen LogP contribution is 2.42. The molecule has 4 heteroatoms. The molecule has 2 aliphatic rings. The largest absolute Gasteiger partial charge is 0.393 e. The Hall–Kier alpha value is -0.580. The number of anilines is 1. The van der Waals surface area contributed by atoms with Gasteiger partial charge in [-0.1, -0.05) is 13.0 Å². The van der Waals surface area contributed by atoms with Crippen LogP contribution in [0.3, 0.4) is 0 Å². The quantitative estimate of drug-likeness (QED) is 0.796. The molecular formula is C17H25BrN2O. The summed E-state index contributed by atoms with van der Waals surface area (Å²) in [6, 6.07) is 7.74. The van der Waals surface area contributed by atoms with Gasteiger partial charge in [-0.2, -0.15) is 0 Å². The van der Waals surface area contributed by atoms with Crippen LogP contribution >= 0.6 is 15.9 Å². The predicted molar refractivity (Wildman–Crippen MR) is 90.7 cm³/mol. The normalized spacial score (nSPS) is 28.1. The van der Waals surface area contributed by atoms with Crippen molar-refractivity contribution in [2.24, 2.45) is 0 Å². The van der Waals surface area contributed by atoms with E-state index in [4.69, 9.17) is 0 Å². The second kappa shape index (κ2) is 6.67. The Bertz CT molecular complexity index is 480. The molecule has 1 aromatic rings. The molecule has 2 N–H and O–H groups in total. The molecule has 3 nitrogen and oxygen atoms in total. The van der Waals surface area contributed by atoms with E-state index in [2.05, 4.69) is 51.3 Å². The maximum absolute atomic E-state index is 9.94. The summed E-state index contributed by atoms with van der Waals surface area (Å²) < 4.78 is 1.19. The highest BCUT2D eigenvalue weighted by atomic mass is 79.9. The maximum atomic E-state index is 9.94. The van der Waals surface area contributed by atoms with Crippen LogP contribution in [0.5, 0.6) is 0 Å². The first kappa shape index (κ1) is 15.3. The van der Waals surface area contributed by atoms with E-state index in [0.29, 0.717) is 12.1 Å². The van der Waals surface area contributed by atoms with E-state index in [0.717, 1.165) is 25.9 Å². The third-order valence-corrected chi connectivity index (χ3v) is 5.39. The Labute approximate surface area is 135 Å². The van der Waals surface area contributed by atoms with E-state index in [1.165, 1.54) is 35.0 Å². The number of rotatable bonds is 5. The van der Waals surface area contributed by atoms with Gasteiger partial charge < -0.3 is 15.3 Å². The molecule has 0 spiro atoms. The SMILES string of the molecule is CCCNCc1ccc(N2C3CCC2CC(O)C3)c(Br)c1. The Morgan fingerprint density at radius 2 is 2.00 bits per heavy atom. The van der Waals surface area contributed by atoms with Gasteiger partial charge in [0.15, 0.2) is 0 Å². The molecule has 2 fully saturated rings. The Morgan fingerprint density at radius 3 is 2.62 bits per heavy atom. The number of aliphatic hydroxyl groups is 1. The van der Waals surface area contributed by atoms with Crippen molar-refractivity contribution in [3.63, 3.8) is 0 Å². The van der Waals surface area contributed by atoms with E-state index in [1.54, 1.807) is 0 Å². The number of aliphatic hydroxyl groups excluding tert-OH is 1. The topological polar surface area (TPSA) is 35.5 Å². The van der Waals surface area contributed by atoms with Gasteiger partial charge >= 0.3 is 0 Å². The Morgan fingerprint density at radius 1 is 1.29 bits per heavy atom. The summed E-state index contributed by atoms with van der Waals surface area (Å²) in [6.45, 7) is 4.18. The zero-order valence-corrected chi connectivity index (χ0v) is 14.3. The van der Waals surface area contributed by atoms with Crippen molar-refractivity contribution >= 4 is 21.6 Å². The van der Waals surface area contributed by atoms with Gasteiger partial charge in [0.25, 0.3) is 0 Å². The monoisotopic (exact) mass is 352 g/mol. The van der Waals surface area contributed by atoms with E-state index < -0.39 is 0 Å². The van der Waals surface area contributed by atoms with Crippen molar-refractivity contribution in [2.45, 2.75) is 63.8 Å². The van der Waals surface area contributed by atoms with Gasteiger partial charge in [-0.25, -0.2) is 0 Å². The van der Waals surface area contributed by atoms with Gasteiger partial charge in [-0.15, -0.1) is 0 Å². The molecule has 0 amide bonds. The number of piperidine rings is 1. The lowest BCUT2D eigenvalue weighted by atomic mass is 9.99. The lowest BCUT2D eigenvalue weighted by molar-refractivity contribution is 0.126. The van der Waals surface area contributed by atoms with Crippen molar-refractivity contribution in [2.75, 3.05) is 11.4 Å². The standard InChI is InChI=1S/C17H25BrN2O/c1-2-7-19-11-12-3-6-17(16(18)8-12)20-13-4-5-14(20)10-15(21)9-13/h3,6,8,13-15,19,21H,2,4-5,7,9-11H2,1H3. The molecule has 0 radical (unpaired) electrons. The minimum absolute atomic E-state index is 0.102. The number of nitrogens with one attached hydrogen (secondary N) is 1. The fraction of sp³-hybridized carbons (Fsp3) is 0.647. The number of hydrogen-bond donors (Lipinski definition) is 2. The summed E-state index contributed by atoms with van der Waals surface area (Å²) in [7, 11) is 0. The summed E-state index contributed by atoms with van der Waals surface area (Å²) in [6.07, 6.45) is 5.33. The highest BCUT2D eigenvalue weighted by Gasteiger charge is 2.40. The van der Waals surface area contributed by atoms with Crippen LogP contribution in [0.15, 0.2) is 22.7 Å². The van der Waals surface area contributed by atoms with Crippen molar-refractivity contribution in [3.8, 4) is 0 Å². The number of halogens is 1. The van der Waals surface area contributed by atoms with E-state index in [9.17, 15) is 5.11 Å². The Kier molecular flexibility index (Phi) is 4.87. The van der Waals surface area contributed by atoms with Crippen LogP contribution in [0.4, 0.5) is 5.69 Å². The van der Waals surface area contributed by atoms with Crippen LogP contribution in [0, 0.1) is 0 Å². The molecule has 21 heavy (non-hydrogen) atoms. The fourth-order valence-electron chi connectivity index (χ4n) is 3.82. The van der Waals surface area contributed by atoms with Crippen molar-refractivity contribution < 1.29 is 5.11 Å². The minimum atomic E-state index is -0.102. The molecule has 2 unspecified atom stereocenters. The number of fused-ring (bicyclic) bond motifs is 2. The molecule has 0 saturated carbocycles. The number of nitrogens with zero attached hydrogens (tertiary/aromatic N) is 1. The molecular weight excluding hydrogens is 328 g/mol. The van der Waals surface area contributed by atoms with Crippen molar-refractivity contribution in [1.29, 1.82) is 0 Å². The average molecular weight is 353 g/mol. The zero-order valence-electron chi connectivity index (χ0n) is 12.7. The van der Waals surface area contributed by atoms with Gasteiger partial charge in [-0.3, -0.25) is 0 Å². The molecule has 0 aliphatic carbocycles. The van der Waals surface area contributed by atoms with Crippen molar-refractivity contribution in [3.05, 3.63) is 28.2 Å². The first-order valence-electron chi connectivity index (χ1n) is 8.14. The number of benzene rings is 1. The van der Waals surface area contributed by atoms with Gasteiger partial charge in [0.1, 0.15) is 0 Å². The van der Waals surface area contributed by atoms with Gasteiger partial charge in [-0.05, 0) is 72.3 Å². The lowest BCUT2D eigenvalue weighted by Gasteiger charge is -2.39. The third kappa shape index (κ3) is 3.27. The first-order chi connectivity index (χ1) is 10.2. The van der Waals surface area contributed by atoms with Gasteiger partial charge in [0.2, 0.25) is 0 Å². The molecule has 2 bridgehead atoms. The molecule has 2 aliphatic heterocycles. The van der Waals surface area contributed by atoms with E-state index in [-0.39, 0.29) is 6.10 Å². The lowest BCUT2D eigenvalue weighted by Crippen LogP contribution is -2.45. The van der Waals surface area contributed by atoms with E-state index in [1.807, 2.05) is 0 Å². The smallest absolute Gasteiger partial charge is 0.0579 e. The molecule has 1 aromatic carbocycles. The summed E-state index contributed by atoms with van der Waals surface area (Å²) >= 11 is 3.76. The maximum Gasteiger partial charge on any atom is 0.0579 e. The molecule has 2 saturated heterocycles. The molecule has 116 valence electrons. The second-order valence-corrected chi connectivity index (χ2v) is 7.23. The third-order valence-electron chi connectivity index (χ3n) is 4.75. The Balaban J connectivity index is 1.74. The molecule has 3 rings (SSSR count). The molecule has 2 heterocycles. The summed E-state index contributed by atoms with van der Waals surface area (Å²) in [5.41, 5.74) is 2.62. The van der Waals surface area contributed by atoms with Crippen LogP contribution in [-0.2, 0) is 6.54 Å². The van der Waals surface area contributed by atoms with Gasteiger partial charge in [0, 0.05) is 23.1 Å². The highest BCUT2D eigenvalue weighted by molar-refractivity contribution is 9.10. The zero-order chi connectivity index (χ0) is 14.8.